The van der Waals surface area contributed by atoms with Crippen molar-refractivity contribution >= 4 is 45.1 Å². The molecule has 4 rings (SSSR count). The van der Waals surface area contributed by atoms with Gasteiger partial charge in [-0.3, -0.25) is 19.3 Å². The second-order valence-corrected chi connectivity index (χ2v) is 12.3. The van der Waals surface area contributed by atoms with Crippen molar-refractivity contribution in [1.82, 2.24) is 15.1 Å². The monoisotopic (exact) mass is 563 g/mol. The predicted molar refractivity (Wildman–Crippen MR) is 156 cm³/mol. The number of nitrogens with one attached hydrogen (secondary N) is 1. The van der Waals surface area contributed by atoms with Crippen LogP contribution in [0.1, 0.15) is 74.7 Å². The molecule has 3 aromatic rings. The molecule has 1 unspecified atom stereocenters. The van der Waals surface area contributed by atoms with Gasteiger partial charge in [0.15, 0.2) is 0 Å². The van der Waals surface area contributed by atoms with Gasteiger partial charge in [0.1, 0.15) is 12.2 Å². The minimum absolute atomic E-state index is 0.191. The zero-order valence-electron chi connectivity index (χ0n) is 23.4. The van der Waals surface area contributed by atoms with E-state index < -0.39 is 36.0 Å². The Labute approximate surface area is 239 Å². The minimum Gasteiger partial charge on any atom is -0.465 e. The van der Waals surface area contributed by atoms with Gasteiger partial charge in [-0.1, -0.05) is 82.1 Å². The second-order valence-electron chi connectivity index (χ2n) is 11.2. The molecule has 3 atom stereocenters. The first kappa shape index (κ1) is 29.3. The standard InChI is InChI=1S/C31H37N3O5S/c1-5-6-15-23(27(35)28(36)32-20(2)21-12-8-7-9-13-21)34(30(38)39)26-18-31(3,4)19-33(26)29(37)25-17-22-14-10-11-16-24(22)40-25/h7-14,16-17,20,23,26H,5-6,15,18-19H2,1-4H3,(H,32,36)(H,38,39)/t20-,23+,26?/m1/s1. The quantitative estimate of drug-likeness (QED) is 0.291. The maximum absolute atomic E-state index is 13.8. The number of nitrogens with zero attached hydrogens (tertiary/aromatic N) is 2. The number of Topliss-reactive ketones (excluding diaryl/α,β-unsaturated/α-hetero) is 1. The van der Waals surface area contributed by atoms with Crippen molar-refractivity contribution in [2.45, 2.75) is 71.6 Å². The van der Waals surface area contributed by atoms with Crippen LogP contribution in [0, 0.1) is 5.41 Å². The number of thiophene rings is 1. The smallest absolute Gasteiger partial charge is 0.409 e. The number of ketones is 1. The van der Waals surface area contributed by atoms with Crippen molar-refractivity contribution in [2.24, 2.45) is 5.41 Å². The first-order valence-corrected chi connectivity index (χ1v) is 14.5. The molecule has 0 bridgehead atoms. The molecule has 8 nitrogen and oxygen atoms in total. The molecule has 9 heteroatoms. The normalized spacial score (nSPS) is 17.8. The molecule has 1 aromatic heterocycles. The molecule has 1 saturated heterocycles. The zero-order chi connectivity index (χ0) is 29.0. The van der Waals surface area contributed by atoms with Gasteiger partial charge in [-0.2, -0.15) is 0 Å². The van der Waals surface area contributed by atoms with Gasteiger partial charge < -0.3 is 15.3 Å². The van der Waals surface area contributed by atoms with E-state index in [9.17, 15) is 24.3 Å². The zero-order valence-corrected chi connectivity index (χ0v) is 24.2. The van der Waals surface area contributed by atoms with Crippen LogP contribution in [0.4, 0.5) is 4.79 Å². The molecule has 2 aromatic carbocycles. The van der Waals surface area contributed by atoms with Crippen LogP contribution in [0.15, 0.2) is 60.7 Å². The Morgan fingerprint density at radius 3 is 2.42 bits per heavy atom. The lowest BCUT2D eigenvalue weighted by molar-refractivity contribution is -0.142. The molecule has 3 amide bonds. The predicted octanol–water partition coefficient (Wildman–Crippen LogP) is 6.08. The van der Waals surface area contributed by atoms with Gasteiger partial charge in [-0.15, -0.1) is 11.3 Å². The van der Waals surface area contributed by atoms with E-state index in [4.69, 9.17) is 0 Å². The molecule has 0 radical (unpaired) electrons. The highest BCUT2D eigenvalue weighted by Gasteiger charge is 2.48. The van der Waals surface area contributed by atoms with Crippen LogP contribution < -0.4 is 5.32 Å². The highest BCUT2D eigenvalue weighted by Crippen LogP contribution is 2.39. The Morgan fingerprint density at radius 1 is 1.10 bits per heavy atom. The van der Waals surface area contributed by atoms with E-state index in [1.54, 1.807) is 11.8 Å². The van der Waals surface area contributed by atoms with Crippen LogP contribution in [-0.4, -0.2) is 57.3 Å². The Balaban J connectivity index is 1.64. The highest BCUT2D eigenvalue weighted by atomic mass is 32.1. The Hall–Kier alpha value is -3.72. The third-order valence-corrected chi connectivity index (χ3v) is 8.58. The molecule has 212 valence electrons. The second kappa shape index (κ2) is 12.2. The molecule has 0 aliphatic carbocycles. The van der Waals surface area contributed by atoms with Gasteiger partial charge in [0.25, 0.3) is 11.8 Å². The average molecular weight is 564 g/mol. The number of unbranched alkanes of at least 4 members (excludes halogenated alkanes) is 1. The van der Waals surface area contributed by atoms with Gasteiger partial charge in [-0.25, -0.2) is 4.79 Å². The van der Waals surface area contributed by atoms with Gasteiger partial charge in [-0.05, 0) is 48.3 Å². The fourth-order valence-corrected chi connectivity index (χ4v) is 6.45. The summed E-state index contributed by atoms with van der Waals surface area (Å²) in [5, 5.41) is 14.1. The highest BCUT2D eigenvalue weighted by molar-refractivity contribution is 7.20. The summed E-state index contributed by atoms with van der Waals surface area (Å²) >= 11 is 1.36. The molecule has 2 N–H and O–H groups in total. The SMILES string of the molecule is CCCC[C@@H](C(=O)C(=O)N[C@H](C)c1ccccc1)N(C(=O)O)C1CC(C)(C)CN1C(=O)c1cc2ccccc2s1. The summed E-state index contributed by atoms with van der Waals surface area (Å²) in [7, 11) is 0. The van der Waals surface area contributed by atoms with E-state index in [0.717, 1.165) is 27.0 Å². The van der Waals surface area contributed by atoms with E-state index in [0.29, 0.717) is 24.3 Å². The Morgan fingerprint density at radius 2 is 1.77 bits per heavy atom. The third-order valence-electron chi connectivity index (χ3n) is 7.47. The molecule has 2 heterocycles. The molecule has 1 aliphatic heterocycles. The first-order chi connectivity index (χ1) is 19.0. The van der Waals surface area contributed by atoms with Crippen LogP contribution in [-0.2, 0) is 9.59 Å². The van der Waals surface area contributed by atoms with Crippen LogP contribution in [0.3, 0.4) is 0 Å². The maximum Gasteiger partial charge on any atom is 0.409 e. The van der Waals surface area contributed by atoms with Crippen molar-refractivity contribution in [3.63, 3.8) is 0 Å². The number of carboxylic acid groups (broad SMARTS) is 1. The Kier molecular flexibility index (Phi) is 8.93. The number of likely N-dealkylation sites (tertiary alicyclic amines) is 1. The van der Waals surface area contributed by atoms with Gasteiger partial charge in [0.2, 0.25) is 5.78 Å². The average Bonchev–Trinajstić information content (AvgIpc) is 3.50. The number of benzene rings is 2. The largest absolute Gasteiger partial charge is 0.465 e. The van der Waals surface area contributed by atoms with Crippen LogP contribution in [0.2, 0.25) is 0 Å². The number of fused-ring (bicyclic) bond motifs is 1. The summed E-state index contributed by atoms with van der Waals surface area (Å²) < 4.78 is 0.969. The van der Waals surface area contributed by atoms with Crippen molar-refractivity contribution in [3.8, 4) is 0 Å². The number of hydrogen-bond acceptors (Lipinski definition) is 5. The van der Waals surface area contributed by atoms with E-state index in [1.807, 2.05) is 81.4 Å². The lowest BCUT2D eigenvalue weighted by atomic mass is 9.91. The molecule has 1 fully saturated rings. The molecule has 40 heavy (non-hydrogen) atoms. The maximum atomic E-state index is 13.8. The topological polar surface area (TPSA) is 107 Å². The lowest BCUT2D eigenvalue weighted by Gasteiger charge is -2.37. The Bertz CT molecular complexity index is 1350. The van der Waals surface area contributed by atoms with E-state index in [1.165, 1.54) is 11.3 Å². The van der Waals surface area contributed by atoms with Crippen molar-refractivity contribution < 1.29 is 24.3 Å². The van der Waals surface area contributed by atoms with Gasteiger partial charge in [0, 0.05) is 11.2 Å². The van der Waals surface area contributed by atoms with Crippen molar-refractivity contribution in [2.75, 3.05) is 6.54 Å². The summed E-state index contributed by atoms with van der Waals surface area (Å²) in [5.41, 5.74) is 0.453. The van der Waals surface area contributed by atoms with Gasteiger partial charge in [0.05, 0.1) is 10.9 Å². The summed E-state index contributed by atoms with van der Waals surface area (Å²) in [6.07, 6.45) is -0.377. The minimum atomic E-state index is -1.32. The van der Waals surface area contributed by atoms with Crippen molar-refractivity contribution in [3.05, 3.63) is 71.1 Å². The van der Waals surface area contributed by atoms with Crippen LogP contribution in [0.25, 0.3) is 10.1 Å². The molecule has 0 spiro atoms. The van der Waals surface area contributed by atoms with E-state index in [2.05, 4.69) is 5.32 Å². The summed E-state index contributed by atoms with van der Waals surface area (Å²) in [4.78, 5) is 56.6. The summed E-state index contributed by atoms with van der Waals surface area (Å²) in [5.74, 6) is -1.91. The third kappa shape index (κ3) is 6.36. The number of rotatable bonds is 10. The summed E-state index contributed by atoms with van der Waals surface area (Å²) in [6, 6.07) is 17.2. The first-order valence-electron chi connectivity index (χ1n) is 13.7. The van der Waals surface area contributed by atoms with Crippen LogP contribution in [0.5, 0.6) is 0 Å². The molecular formula is C31H37N3O5S. The van der Waals surface area contributed by atoms with Crippen LogP contribution >= 0.6 is 11.3 Å². The molecular weight excluding hydrogens is 526 g/mol. The van der Waals surface area contributed by atoms with Crippen molar-refractivity contribution in [1.29, 1.82) is 0 Å². The number of amides is 3. The molecule has 0 saturated carbocycles. The fourth-order valence-electron chi connectivity index (χ4n) is 5.43. The van der Waals surface area contributed by atoms with E-state index in [-0.39, 0.29) is 17.7 Å². The number of carbonyl (C=O) groups excluding carboxylic acids is 3. The lowest BCUT2D eigenvalue weighted by Crippen LogP contribution is -2.58. The number of carbonyl (C=O) groups is 4. The fraction of sp³-hybridized carbons (Fsp3) is 0.419. The number of hydrogen-bond donors (Lipinski definition) is 2. The van der Waals surface area contributed by atoms with E-state index >= 15 is 0 Å². The van der Waals surface area contributed by atoms with Gasteiger partial charge >= 0.3 is 6.09 Å². The molecule has 1 aliphatic rings. The summed E-state index contributed by atoms with van der Waals surface area (Å²) in [6.45, 7) is 8.02.